The normalized spacial score (nSPS) is 11.0. The third-order valence-electron chi connectivity index (χ3n) is 3.90. The van der Waals surface area contributed by atoms with Crippen LogP contribution in [-0.2, 0) is 13.1 Å². The standard InChI is InChI=1S/C18H20ClN3O/c1-2-21-16-6-3-4-7-17(16)22(18(21)20)12-5-13-23-15-10-8-14(19)9-11-15/h3-4,6-11,20H,2,5,12-13H2,1H3. The van der Waals surface area contributed by atoms with Crippen LogP contribution in [-0.4, -0.2) is 15.7 Å². The van der Waals surface area contributed by atoms with Crippen LogP contribution in [0.15, 0.2) is 48.5 Å². The smallest absolute Gasteiger partial charge is 0.202 e. The number of hydrogen-bond acceptors (Lipinski definition) is 2. The van der Waals surface area contributed by atoms with Crippen molar-refractivity contribution in [3.8, 4) is 5.75 Å². The number of imidazole rings is 1. The highest BCUT2D eigenvalue weighted by Crippen LogP contribution is 2.16. The number of nitrogens with zero attached hydrogens (tertiary/aromatic N) is 2. The molecule has 0 spiro atoms. The van der Waals surface area contributed by atoms with Gasteiger partial charge in [-0.2, -0.15) is 0 Å². The van der Waals surface area contributed by atoms with Crippen LogP contribution in [0.4, 0.5) is 0 Å². The van der Waals surface area contributed by atoms with E-state index in [0.29, 0.717) is 17.2 Å². The Kier molecular flexibility index (Phi) is 4.72. The second kappa shape index (κ2) is 6.92. The molecule has 3 aromatic rings. The van der Waals surface area contributed by atoms with E-state index in [0.717, 1.165) is 36.3 Å². The molecule has 2 aromatic carbocycles. The summed E-state index contributed by atoms with van der Waals surface area (Å²) in [5, 5.41) is 9.08. The summed E-state index contributed by atoms with van der Waals surface area (Å²) in [7, 11) is 0. The Labute approximate surface area is 140 Å². The fourth-order valence-electron chi connectivity index (χ4n) is 2.78. The SMILES string of the molecule is CCn1c(=N)n(CCCOc2ccc(Cl)cc2)c2ccccc21. The second-order valence-electron chi connectivity index (χ2n) is 5.36. The average molecular weight is 330 g/mol. The summed E-state index contributed by atoms with van der Waals surface area (Å²) in [5.74, 6) is 0.821. The van der Waals surface area contributed by atoms with Gasteiger partial charge in [-0.15, -0.1) is 0 Å². The number of para-hydroxylation sites is 2. The summed E-state index contributed by atoms with van der Waals surface area (Å²) in [6, 6.07) is 15.6. The van der Waals surface area contributed by atoms with E-state index in [9.17, 15) is 0 Å². The first-order valence-electron chi connectivity index (χ1n) is 7.81. The lowest BCUT2D eigenvalue weighted by Gasteiger charge is -2.07. The van der Waals surface area contributed by atoms with Gasteiger partial charge in [0.05, 0.1) is 17.6 Å². The molecule has 1 heterocycles. The van der Waals surface area contributed by atoms with Crippen LogP contribution in [0.1, 0.15) is 13.3 Å². The highest BCUT2D eigenvalue weighted by atomic mass is 35.5. The maximum absolute atomic E-state index is 8.37. The van der Waals surface area contributed by atoms with Crippen LogP contribution in [0.5, 0.6) is 5.75 Å². The molecule has 0 aliphatic carbocycles. The van der Waals surface area contributed by atoms with E-state index in [1.54, 1.807) is 0 Å². The van der Waals surface area contributed by atoms with Gasteiger partial charge in [-0.05, 0) is 49.7 Å². The van der Waals surface area contributed by atoms with Gasteiger partial charge >= 0.3 is 0 Å². The Hall–Kier alpha value is -2.20. The first-order chi connectivity index (χ1) is 11.2. The minimum atomic E-state index is 0.542. The number of aryl methyl sites for hydroxylation is 2. The number of halogens is 1. The Morgan fingerprint density at radius 1 is 1.00 bits per heavy atom. The van der Waals surface area contributed by atoms with E-state index in [-0.39, 0.29) is 0 Å². The number of fused-ring (bicyclic) bond motifs is 1. The molecule has 0 radical (unpaired) electrons. The van der Waals surface area contributed by atoms with E-state index < -0.39 is 0 Å². The number of rotatable bonds is 6. The van der Waals surface area contributed by atoms with Gasteiger partial charge in [0.2, 0.25) is 5.62 Å². The van der Waals surface area contributed by atoms with E-state index in [2.05, 4.69) is 19.1 Å². The van der Waals surface area contributed by atoms with Crippen LogP contribution >= 0.6 is 11.6 Å². The molecule has 0 saturated heterocycles. The number of benzene rings is 2. The van der Waals surface area contributed by atoms with Crippen LogP contribution in [0, 0.1) is 5.41 Å². The molecule has 0 amide bonds. The Bertz CT molecular complexity index is 849. The van der Waals surface area contributed by atoms with Gasteiger partial charge in [0.15, 0.2) is 0 Å². The lowest BCUT2D eigenvalue weighted by molar-refractivity contribution is 0.301. The Morgan fingerprint density at radius 3 is 2.30 bits per heavy atom. The minimum Gasteiger partial charge on any atom is -0.494 e. The summed E-state index contributed by atoms with van der Waals surface area (Å²) in [6.45, 7) is 4.24. The number of hydrogen-bond donors (Lipinski definition) is 1. The van der Waals surface area contributed by atoms with Crippen molar-refractivity contribution in [2.45, 2.75) is 26.4 Å². The molecule has 0 fully saturated rings. The van der Waals surface area contributed by atoms with E-state index in [1.807, 2.05) is 45.5 Å². The van der Waals surface area contributed by atoms with Crippen molar-refractivity contribution in [1.82, 2.24) is 9.13 Å². The van der Waals surface area contributed by atoms with Crippen molar-refractivity contribution in [3.63, 3.8) is 0 Å². The summed E-state index contributed by atoms with van der Waals surface area (Å²) >= 11 is 5.86. The van der Waals surface area contributed by atoms with Crippen LogP contribution < -0.4 is 10.4 Å². The molecule has 120 valence electrons. The van der Waals surface area contributed by atoms with Gasteiger partial charge in [0.25, 0.3) is 0 Å². The zero-order chi connectivity index (χ0) is 16.2. The molecular formula is C18H20ClN3O. The van der Waals surface area contributed by atoms with Gasteiger partial charge in [0.1, 0.15) is 5.75 Å². The van der Waals surface area contributed by atoms with E-state index in [1.165, 1.54) is 0 Å². The summed E-state index contributed by atoms with van der Waals surface area (Å²) in [6.07, 6.45) is 0.844. The van der Waals surface area contributed by atoms with Crippen molar-refractivity contribution in [3.05, 3.63) is 59.2 Å². The van der Waals surface area contributed by atoms with Crippen molar-refractivity contribution in [2.75, 3.05) is 6.61 Å². The third-order valence-corrected chi connectivity index (χ3v) is 4.15. The Balaban J connectivity index is 1.69. The van der Waals surface area contributed by atoms with Gasteiger partial charge < -0.3 is 13.9 Å². The summed E-state index contributed by atoms with van der Waals surface area (Å²) < 4.78 is 9.80. The minimum absolute atomic E-state index is 0.542. The van der Waals surface area contributed by atoms with Crippen molar-refractivity contribution >= 4 is 22.6 Å². The Morgan fingerprint density at radius 2 is 1.65 bits per heavy atom. The molecule has 3 rings (SSSR count). The molecule has 4 nitrogen and oxygen atoms in total. The quantitative estimate of drug-likeness (QED) is 0.681. The molecule has 1 N–H and O–H groups in total. The third kappa shape index (κ3) is 3.27. The van der Waals surface area contributed by atoms with Gasteiger partial charge in [0, 0.05) is 18.1 Å². The molecule has 0 aliphatic rings. The van der Waals surface area contributed by atoms with Gasteiger partial charge in [-0.3, -0.25) is 5.41 Å². The van der Waals surface area contributed by atoms with Gasteiger partial charge in [-0.25, -0.2) is 0 Å². The van der Waals surface area contributed by atoms with Crippen molar-refractivity contribution < 1.29 is 4.74 Å². The molecule has 0 aliphatic heterocycles. The van der Waals surface area contributed by atoms with Crippen molar-refractivity contribution in [1.29, 1.82) is 5.41 Å². The van der Waals surface area contributed by atoms with Crippen LogP contribution in [0.2, 0.25) is 5.02 Å². The lowest BCUT2D eigenvalue weighted by Crippen LogP contribution is -2.24. The maximum atomic E-state index is 8.37. The van der Waals surface area contributed by atoms with Crippen LogP contribution in [0.25, 0.3) is 11.0 Å². The molecule has 0 saturated carbocycles. The predicted molar refractivity (Wildman–Crippen MR) is 93.0 cm³/mol. The average Bonchev–Trinajstić information content (AvgIpc) is 2.84. The zero-order valence-electron chi connectivity index (χ0n) is 13.1. The van der Waals surface area contributed by atoms with E-state index >= 15 is 0 Å². The molecule has 0 atom stereocenters. The monoisotopic (exact) mass is 329 g/mol. The first kappa shape index (κ1) is 15.7. The second-order valence-corrected chi connectivity index (χ2v) is 5.80. The number of ether oxygens (including phenoxy) is 1. The lowest BCUT2D eigenvalue weighted by atomic mass is 10.3. The van der Waals surface area contributed by atoms with Crippen LogP contribution in [0.3, 0.4) is 0 Å². The predicted octanol–water partition coefficient (Wildman–Crippen LogP) is 4.06. The zero-order valence-corrected chi connectivity index (χ0v) is 13.9. The topological polar surface area (TPSA) is 42.9 Å². The fourth-order valence-corrected chi connectivity index (χ4v) is 2.91. The first-order valence-corrected chi connectivity index (χ1v) is 8.19. The summed E-state index contributed by atoms with van der Waals surface area (Å²) in [4.78, 5) is 0. The summed E-state index contributed by atoms with van der Waals surface area (Å²) in [5.41, 5.74) is 2.75. The largest absolute Gasteiger partial charge is 0.494 e. The highest BCUT2D eigenvalue weighted by Gasteiger charge is 2.08. The van der Waals surface area contributed by atoms with Gasteiger partial charge in [-0.1, -0.05) is 23.7 Å². The molecule has 5 heteroatoms. The van der Waals surface area contributed by atoms with E-state index in [4.69, 9.17) is 21.7 Å². The molecule has 0 bridgehead atoms. The maximum Gasteiger partial charge on any atom is 0.202 e. The van der Waals surface area contributed by atoms with Crippen molar-refractivity contribution in [2.24, 2.45) is 0 Å². The number of aromatic nitrogens is 2. The highest BCUT2D eigenvalue weighted by molar-refractivity contribution is 6.30. The molecule has 23 heavy (non-hydrogen) atoms. The molecule has 0 unspecified atom stereocenters. The molecule has 1 aromatic heterocycles. The fraction of sp³-hybridized carbons (Fsp3) is 0.278. The molecular weight excluding hydrogens is 310 g/mol. The number of nitrogens with one attached hydrogen (secondary N) is 1.